The van der Waals surface area contributed by atoms with E-state index in [0.717, 1.165) is 24.3 Å². The van der Waals surface area contributed by atoms with Gasteiger partial charge in [-0.15, -0.1) is 0 Å². The first-order chi connectivity index (χ1) is 18.2. The number of carboxylic acids is 1. The van der Waals surface area contributed by atoms with E-state index in [0.29, 0.717) is 11.1 Å². The Morgan fingerprint density at radius 3 is 1.89 bits per heavy atom. The van der Waals surface area contributed by atoms with Crippen molar-refractivity contribution in [3.05, 3.63) is 119 Å². The number of ether oxygens (including phenoxy) is 3. The average molecular weight is 533 g/mol. The minimum Gasteiger partial charge on any atom is -0.478 e. The minimum atomic E-state index is -4.47. The second-order valence-electron chi connectivity index (χ2n) is 8.21. The summed E-state index contributed by atoms with van der Waals surface area (Å²) < 4.78 is 49.3. The van der Waals surface area contributed by atoms with Crippen LogP contribution in [0.1, 0.15) is 31.8 Å². The molecule has 0 saturated heterocycles. The number of benzene rings is 4. The summed E-state index contributed by atoms with van der Waals surface area (Å²) in [6, 6.07) is 25.1. The summed E-state index contributed by atoms with van der Waals surface area (Å²) in [6.45, 7) is 0. The Morgan fingerprint density at radius 2 is 1.37 bits per heavy atom. The molecule has 38 heavy (non-hydrogen) atoms. The maximum absolute atomic E-state index is 13.2. The van der Waals surface area contributed by atoms with E-state index < -0.39 is 27.8 Å². The van der Waals surface area contributed by atoms with Crippen LogP contribution >= 0.6 is 0 Å². The van der Waals surface area contributed by atoms with Crippen LogP contribution in [0.15, 0.2) is 102 Å². The number of fused-ring (bicyclic) bond motifs is 1. The predicted molar refractivity (Wildman–Crippen MR) is 134 cm³/mol. The average Bonchev–Trinajstić information content (AvgIpc) is 3.35. The Morgan fingerprint density at radius 1 is 0.789 bits per heavy atom. The molecule has 0 aliphatic carbocycles. The van der Waals surface area contributed by atoms with Crippen molar-refractivity contribution in [2.24, 2.45) is 0 Å². The molecule has 0 fully saturated rings. The standard InChI is InChI=1S/C28H20O9S/c1-34-27(31)19-16-23-25(24(17-19)37-38(32,33)22-14-12-18(13-15-22)26(29)30)36-28(35-23,20-8-4-2-5-9-20)21-10-6-3-7-11-21/h2-17H,1H3,(H,29,30). The first-order valence-corrected chi connectivity index (χ1v) is 12.7. The summed E-state index contributed by atoms with van der Waals surface area (Å²) in [5.74, 6) is -3.75. The molecular weight excluding hydrogens is 512 g/mol. The number of rotatable bonds is 7. The summed E-state index contributed by atoms with van der Waals surface area (Å²) >= 11 is 0. The Labute approximate surface area is 217 Å². The first kappa shape index (κ1) is 24.8. The molecule has 1 aliphatic rings. The van der Waals surface area contributed by atoms with Crippen LogP contribution in [0.25, 0.3) is 0 Å². The normalized spacial score (nSPS) is 13.5. The van der Waals surface area contributed by atoms with Crippen LogP contribution < -0.4 is 13.7 Å². The van der Waals surface area contributed by atoms with Crippen LogP contribution in [0.5, 0.6) is 17.2 Å². The monoisotopic (exact) mass is 532 g/mol. The topological polar surface area (TPSA) is 125 Å². The Kier molecular flexibility index (Phi) is 6.25. The first-order valence-electron chi connectivity index (χ1n) is 11.3. The third-order valence-corrected chi connectivity index (χ3v) is 7.09. The molecule has 0 aromatic heterocycles. The van der Waals surface area contributed by atoms with Gasteiger partial charge in [-0.3, -0.25) is 0 Å². The Hall–Kier alpha value is -4.83. The zero-order chi connectivity index (χ0) is 26.9. The Bertz CT molecular complexity index is 1580. The van der Waals surface area contributed by atoms with Gasteiger partial charge in [-0.05, 0) is 30.3 Å². The molecule has 4 aromatic rings. The molecule has 0 radical (unpaired) electrons. The second-order valence-corrected chi connectivity index (χ2v) is 9.76. The van der Waals surface area contributed by atoms with E-state index >= 15 is 0 Å². The number of carbonyl (C=O) groups excluding carboxylic acids is 1. The molecule has 9 nitrogen and oxygen atoms in total. The molecule has 0 bridgehead atoms. The highest BCUT2D eigenvalue weighted by Gasteiger charge is 2.47. The molecular formula is C28H20O9S. The van der Waals surface area contributed by atoms with E-state index in [9.17, 15) is 18.0 Å². The molecule has 0 unspecified atom stereocenters. The van der Waals surface area contributed by atoms with Gasteiger partial charge in [0.05, 0.1) is 18.2 Å². The van der Waals surface area contributed by atoms with Crippen LogP contribution in [0.3, 0.4) is 0 Å². The fourth-order valence-corrected chi connectivity index (χ4v) is 4.94. The lowest BCUT2D eigenvalue weighted by atomic mass is 9.97. The van der Waals surface area contributed by atoms with Gasteiger partial charge in [0.25, 0.3) is 0 Å². The highest BCUT2D eigenvalue weighted by atomic mass is 32.2. The zero-order valence-electron chi connectivity index (χ0n) is 19.9. The molecule has 1 heterocycles. The SMILES string of the molecule is COC(=O)c1cc2c(c(OS(=O)(=O)c3ccc(C(=O)O)cc3)c1)OC(c1ccccc1)(c1ccccc1)O2. The highest BCUT2D eigenvalue weighted by Crippen LogP contribution is 2.53. The van der Waals surface area contributed by atoms with Gasteiger partial charge in [-0.25, -0.2) is 9.59 Å². The summed E-state index contributed by atoms with van der Waals surface area (Å²) in [5, 5.41) is 9.11. The van der Waals surface area contributed by atoms with E-state index in [1.54, 1.807) is 48.5 Å². The number of esters is 1. The summed E-state index contributed by atoms with van der Waals surface area (Å²) in [7, 11) is -3.29. The van der Waals surface area contributed by atoms with E-state index in [4.69, 9.17) is 23.5 Å². The maximum Gasteiger partial charge on any atom is 0.339 e. The maximum atomic E-state index is 13.2. The highest BCUT2D eigenvalue weighted by molar-refractivity contribution is 7.87. The molecule has 0 amide bonds. The lowest BCUT2D eigenvalue weighted by Crippen LogP contribution is -2.36. The number of aromatic carboxylic acids is 1. The van der Waals surface area contributed by atoms with Gasteiger partial charge in [0.2, 0.25) is 5.75 Å². The molecule has 4 aromatic carbocycles. The molecule has 10 heteroatoms. The van der Waals surface area contributed by atoms with Crippen molar-refractivity contribution >= 4 is 22.1 Å². The second kappa shape index (κ2) is 9.56. The van der Waals surface area contributed by atoms with Crippen molar-refractivity contribution in [1.82, 2.24) is 0 Å². The van der Waals surface area contributed by atoms with Gasteiger partial charge >= 0.3 is 27.8 Å². The summed E-state index contributed by atoms with van der Waals surface area (Å²) in [5.41, 5.74) is 1.10. The van der Waals surface area contributed by atoms with Crippen LogP contribution in [-0.2, 0) is 20.6 Å². The quantitative estimate of drug-likeness (QED) is 0.268. The largest absolute Gasteiger partial charge is 0.478 e. The fourth-order valence-electron chi connectivity index (χ4n) is 4.02. The number of carbonyl (C=O) groups is 2. The van der Waals surface area contributed by atoms with Crippen molar-refractivity contribution < 1.29 is 41.5 Å². The molecule has 1 aliphatic heterocycles. The molecule has 0 atom stereocenters. The lowest BCUT2D eigenvalue weighted by Gasteiger charge is -2.28. The van der Waals surface area contributed by atoms with Crippen LogP contribution in [0, 0.1) is 0 Å². The number of hydrogen-bond acceptors (Lipinski definition) is 8. The van der Waals surface area contributed by atoms with Gasteiger partial charge < -0.3 is 23.5 Å². The van der Waals surface area contributed by atoms with Gasteiger partial charge in [0, 0.05) is 17.2 Å². The minimum absolute atomic E-state index is 0.0294. The molecule has 0 saturated carbocycles. The van der Waals surface area contributed by atoms with Crippen molar-refractivity contribution in [2.75, 3.05) is 7.11 Å². The van der Waals surface area contributed by atoms with Crippen molar-refractivity contribution in [1.29, 1.82) is 0 Å². The summed E-state index contributed by atoms with van der Waals surface area (Å²) in [6.07, 6.45) is 0. The van der Waals surface area contributed by atoms with Gasteiger partial charge in [0.1, 0.15) is 4.90 Å². The zero-order valence-corrected chi connectivity index (χ0v) is 20.7. The third-order valence-electron chi connectivity index (χ3n) is 5.84. The van der Waals surface area contributed by atoms with Gasteiger partial charge in [0.15, 0.2) is 11.5 Å². The predicted octanol–water partition coefficient (Wildman–Crippen LogP) is 4.61. The van der Waals surface area contributed by atoms with Crippen molar-refractivity contribution in [3.8, 4) is 17.2 Å². The van der Waals surface area contributed by atoms with E-state index in [1.807, 2.05) is 12.1 Å². The number of hydrogen-bond donors (Lipinski definition) is 1. The van der Waals surface area contributed by atoms with Crippen molar-refractivity contribution in [2.45, 2.75) is 10.7 Å². The third kappa shape index (κ3) is 4.41. The molecule has 5 rings (SSSR count). The van der Waals surface area contributed by atoms with Crippen LogP contribution in [0.2, 0.25) is 0 Å². The smallest absolute Gasteiger partial charge is 0.339 e. The number of methoxy groups -OCH3 is 1. The van der Waals surface area contributed by atoms with Crippen LogP contribution in [0.4, 0.5) is 0 Å². The molecule has 1 N–H and O–H groups in total. The molecule has 192 valence electrons. The van der Waals surface area contributed by atoms with E-state index in [1.165, 1.54) is 19.2 Å². The van der Waals surface area contributed by atoms with Crippen molar-refractivity contribution in [3.63, 3.8) is 0 Å². The van der Waals surface area contributed by atoms with Crippen LogP contribution in [-0.4, -0.2) is 32.6 Å². The van der Waals surface area contributed by atoms with Gasteiger partial charge in [-0.1, -0.05) is 60.7 Å². The summed E-state index contributed by atoms with van der Waals surface area (Å²) in [4.78, 5) is 23.3. The van der Waals surface area contributed by atoms with E-state index in [-0.39, 0.29) is 33.3 Å². The Balaban J connectivity index is 1.63. The molecule has 0 spiro atoms. The van der Waals surface area contributed by atoms with Gasteiger partial charge in [-0.2, -0.15) is 8.42 Å². The number of carboxylic acid groups (broad SMARTS) is 1. The van der Waals surface area contributed by atoms with E-state index in [2.05, 4.69) is 0 Å². The fraction of sp³-hybridized carbons (Fsp3) is 0.0714. The lowest BCUT2D eigenvalue weighted by molar-refractivity contribution is -0.0464.